The predicted molar refractivity (Wildman–Crippen MR) is 541 cm³/mol. The third kappa shape index (κ3) is 12.9. The first-order valence-electron chi connectivity index (χ1n) is 46.0. The molecule has 16 aromatic carbocycles. The molecule has 7 aromatic heterocycles. The maximum Gasteiger partial charge on any atom is 0.182 e. The Morgan fingerprint density at radius 1 is 0.261 bits per heavy atom. The number of nitrogens with zero attached hydrogens (tertiary/aromatic N) is 10. The van der Waals surface area contributed by atoms with Gasteiger partial charge in [-0.15, -0.1) is 0 Å². The van der Waals surface area contributed by atoms with Gasteiger partial charge in [-0.3, -0.25) is 4.98 Å². The van der Waals surface area contributed by atoms with E-state index in [1.165, 1.54) is 77.7 Å². The Balaban J connectivity index is 0.000000111. The molecule has 0 N–H and O–H groups in total. The van der Waals surface area contributed by atoms with Crippen LogP contribution in [-0.2, 0) is 16.2 Å². The smallest absolute Gasteiger partial charge is 0.182 e. The molecule has 0 spiro atoms. The van der Waals surface area contributed by atoms with E-state index in [1.807, 2.05) is 152 Å². The molecular weight excluding hydrogens is 1640 g/mol. The van der Waals surface area contributed by atoms with E-state index in [9.17, 15) is 0 Å². The molecule has 640 valence electrons. The van der Waals surface area contributed by atoms with Crippen LogP contribution in [0.4, 0.5) is 0 Å². The van der Waals surface area contributed by atoms with Gasteiger partial charge in [0.2, 0.25) is 0 Å². The summed E-state index contributed by atoms with van der Waals surface area (Å²) in [5.74, 6) is 5.48. The average Bonchev–Trinajstić information content (AvgIpc) is 1.53. The predicted octanol–water partition coefficient (Wildman–Crippen LogP) is 30.6. The molecule has 2 unspecified atom stereocenters. The molecule has 0 aliphatic heterocycles. The topological polar surface area (TPSA) is 168 Å². The number of fused-ring (bicyclic) bond motifs is 22. The summed E-state index contributed by atoms with van der Waals surface area (Å²) in [7, 11) is 0. The van der Waals surface area contributed by atoms with Gasteiger partial charge in [-0.2, -0.15) is 0 Å². The van der Waals surface area contributed by atoms with Crippen LogP contribution in [-0.4, -0.2) is 49.8 Å². The van der Waals surface area contributed by atoms with Crippen LogP contribution in [0, 0.1) is 5.41 Å². The minimum Gasteiger partial charge on any atom is -0.456 e. The highest BCUT2D eigenvalue weighted by atomic mass is 16.3. The van der Waals surface area contributed by atoms with Crippen molar-refractivity contribution in [3.63, 3.8) is 0 Å². The monoisotopic (exact) mass is 1730 g/mol. The Morgan fingerprint density at radius 3 is 1.21 bits per heavy atom. The van der Waals surface area contributed by atoms with Crippen molar-refractivity contribution in [1.82, 2.24) is 49.8 Å². The molecule has 3 aliphatic rings. The fourth-order valence-electron chi connectivity index (χ4n) is 21.4. The second-order valence-electron chi connectivity index (χ2n) is 36.4. The highest BCUT2D eigenvalue weighted by Crippen LogP contribution is 2.62. The summed E-state index contributed by atoms with van der Waals surface area (Å²) < 4.78 is 19.8. The maximum atomic E-state index is 6.79. The van der Waals surface area contributed by atoms with Crippen molar-refractivity contribution < 1.29 is 13.3 Å². The normalized spacial score (nSPS) is 14.9. The van der Waals surface area contributed by atoms with Crippen LogP contribution < -0.4 is 0 Å². The van der Waals surface area contributed by atoms with Crippen LogP contribution >= 0.6 is 0 Å². The molecule has 134 heavy (non-hydrogen) atoms. The van der Waals surface area contributed by atoms with E-state index in [0.717, 1.165) is 129 Å². The van der Waals surface area contributed by atoms with E-state index in [-0.39, 0.29) is 16.2 Å². The van der Waals surface area contributed by atoms with Crippen LogP contribution in [0.5, 0.6) is 0 Å². The number of rotatable bonds is 12. The first-order valence-corrected chi connectivity index (χ1v) is 46.0. The third-order valence-electron chi connectivity index (χ3n) is 28.5. The third-order valence-corrected chi connectivity index (χ3v) is 28.5. The highest BCUT2D eigenvalue weighted by Gasteiger charge is 2.49. The minimum absolute atomic E-state index is 0.00343. The number of furan rings is 3. The van der Waals surface area contributed by atoms with Gasteiger partial charge in [0.15, 0.2) is 52.4 Å². The van der Waals surface area contributed by atoms with E-state index in [4.69, 9.17) is 58.1 Å². The van der Waals surface area contributed by atoms with Crippen LogP contribution in [0.25, 0.3) is 213 Å². The molecule has 7 heterocycles. The van der Waals surface area contributed by atoms with E-state index in [1.54, 1.807) is 6.20 Å². The fraction of sp³-hybridized carbons (Fsp3) is 0.107. The lowest BCUT2D eigenvalue weighted by molar-refractivity contribution is 0.255. The Morgan fingerprint density at radius 2 is 0.649 bits per heavy atom. The zero-order valence-corrected chi connectivity index (χ0v) is 75.0. The van der Waals surface area contributed by atoms with E-state index < -0.39 is 5.41 Å². The summed E-state index contributed by atoms with van der Waals surface area (Å²) in [6.45, 7) is 16.4. The fourth-order valence-corrected chi connectivity index (χ4v) is 21.4. The molecule has 0 saturated carbocycles. The molecule has 0 amide bonds. The summed E-state index contributed by atoms with van der Waals surface area (Å²) in [5.41, 5.74) is 29.4. The zero-order valence-electron chi connectivity index (χ0n) is 75.0. The second kappa shape index (κ2) is 31.9. The molecule has 26 rings (SSSR count). The summed E-state index contributed by atoms with van der Waals surface area (Å²) >= 11 is 0. The standard InChI is InChI=1S/C43H33N3O.C40H26N4O.C38H29N3O/c1-42(2,3)43(4)33-23-11-10-19-30(33)36-34(43)24-25-35-37(36)31-21-13-22-32(38(31)47-35)41-45-39(27-15-6-5-7-16-27)44-40(46-41)29-20-12-17-26-14-8-9-18-28(26)29;1-40(27-14-6-3-7-15-27)30-21-22-34-36(29-16-8-9-18-33(29)45-34)35(30)28-20-19-26(24-31(28)40)38-42-37(25-12-4-2-5-13-25)43-39(44-38)32-17-10-11-23-41-32;1-3-38(4-2)29-21-12-11-18-26(29)32-30(38)22-23-31-33(32)27-19-13-20-28(34(27)42-31)37-40-35(24-14-7-5-8-15-24)39-36(41-37)25-16-9-6-10-17-25/h5-25H,1-4H3;2-24H,1H3;5-23H,3-4H2,1-2H3. The van der Waals surface area contributed by atoms with Crippen molar-refractivity contribution in [2.45, 2.75) is 77.6 Å². The second-order valence-corrected chi connectivity index (χ2v) is 36.4. The number of para-hydroxylation sites is 3. The number of pyridine rings is 1. The molecule has 3 aliphatic carbocycles. The van der Waals surface area contributed by atoms with Crippen molar-refractivity contribution in [2.24, 2.45) is 5.41 Å². The Bertz CT molecular complexity index is 8480. The van der Waals surface area contributed by atoms with Crippen molar-refractivity contribution >= 4 is 76.6 Å². The highest BCUT2D eigenvalue weighted by molar-refractivity contribution is 6.20. The lowest BCUT2D eigenvalue weighted by atomic mass is 9.62. The van der Waals surface area contributed by atoms with Gasteiger partial charge in [0.1, 0.15) is 39.2 Å². The molecule has 23 aromatic rings. The van der Waals surface area contributed by atoms with Crippen molar-refractivity contribution in [2.75, 3.05) is 0 Å². The zero-order chi connectivity index (χ0) is 90.1. The molecule has 0 fully saturated rings. The molecule has 13 heteroatoms. The van der Waals surface area contributed by atoms with Crippen molar-refractivity contribution in [1.29, 1.82) is 0 Å². The quantitative estimate of drug-likeness (QED) is 0.113. The first kappa shape index (κ1) is 80.7. The lowest BCUT2D eigenvalue weighted by Gasteiger charge is -2.41. The molecule has 13 nitrogen and oxygen atoms in total. The van der Waals surface area contributed by atoms with Crippen LogP contribution in [0.2, 0.25) is 0 Å². The van der Waals surface area contributed by atoms with E-state index in [0.29, 0.717) is 58.1 Å². The van der Waals surface area contributed by atoms with Gasteiger partial charge in [-0.1, -0.05) is 363 Å². The molecule has 0 radical (unpaired) electrons. The average molecular weight is 1730 g/mol. The Labute approximate surface area is 774 Å². The van der Waals surface area contributed by atoms with Crippen molar-refractivity contribution in [3.05, 3.63) is 421 Å². The van der Waals surface area contributed by atoms with Crippen LogP contribution in [0.15, 0.2) is 396 Å². The van der Waals surface area contributed by atoms with Gasteiger partial charge >= 0.3 is 0 Å². The van der Waals surface area contributed by atoms with E-state index in [2.05, 4.69) is 278 Å². The SMILES string of the molecule is CC(C)(C)C1(C)c2ccccc2-c2c1ccc1oc3c(-c4nc(-c5ccccc5)nc(-c5cccc6ccccc56)n4)cccc3c21.CC1(c2ccccc2)c2cc(-c3nc(-c4ccccc4)nc(-c4ccccn4)n3)ccc2-c2c1ccc1oc3ccccc3c21.CCC1(CC)c2ccccc2-c2c1ccc1oc3c(-c4nc(-c5ccccc5)nc(-c5ccccc5)n4)cccc3c21. The number of benzene rings is 16. The first-order chi connectivity index (χ1) is 65.7. The maximum absolute atomic E-state index is 6.79. The van der Waals surface area contributed by atoms with Crippen molar-refractivity contribution in [3.8, 4) is 136 Å². The van der Waals surface area contributed by atoms with Crippen LogP contribution in [0.3, 0.4) is 0 Å². The molecule has 0 saturated heterocycles. The Hall–Kier alpha value is -16.6. The summed E-state index contributed by atoms with van der Waals surface area (Å²) in [5, 5.41) is 8.99. The van der Waals surface area contributed by atoms with Gasteiger partial charge < -0.3 is 13.3 Å². The molecule has 0 bridgehead atoms. The lowest BCUT2D eigenvalue weighted by Crippen LogP contribution is -2.36. The van der Waals surface area contributed by atoms with Gasteiger partial charge in [-0.05, 0) is 163 Å². The molecular formula is C121H88N10O3. The van der Waals surface area contributed by atoms with Crippen LogP contribution in [0.1, 0.15) is 100 Å². The minimum atomic E-state index is -0.409. The number of hydrogen-bond acceptors (Lipinski definition) is 13. The number of hydrogen-bond donors (Lipinski definition) is 0. The summed E-state index contributed by atoms with van der Waals surface area (Å²) in [6, 6.07) is 130. The summed E-state index contributed by atoms with van der Waals surface area (Å²) in [6.07, 6.45) is 3.87. The summed E-state index contributed by atoms with van der Waals surface area (Å²) in [4.78, 5) is 49.5. The Kier molecular flexibility index (Phi) is 19.2. The largest absolute Gasteiger partial charge is 0.456 e. The van der Waals surface area contributed by atoms with Gasteiger partial charge in [0.05, 0.1) is 11.1 Å². The van der Waals surface area contributed by atoms with E-state index >= 15 is 0 Å². The van der Waals surface area contributed by atoms with Gasteiger partial charge in [0, 0.05) is 88.1 Å². The van der Waals surface area contributed by atoms with Gasteiger partial charge in [0.25, 0.3) is 0 Å². The molecule has 2 atom stereocenters. The van der Waals surface area contributed by atoms with Gasteiger partial charge in [-0.25, -0.2) is 44.9 Å². The number of aromatic nitrogens is 10.